The molecule has 0 amide bonds. The Labute approximate surface area is 112 Å². The molecule has 0 bridgehead atoms. The number of H-pyrrole nitrogens is 1. The molecule has 1 aromatic heterocycles. The lowest BCUT2D eigenvalue weighted by Crippen LogP contribution is -2.15. The van der Waals surface area contributed by atoms with Crippen molar-refractivity contribution in [2.45, 2.75) is 19.4 Å². The molecule has 2 aromatic rings. The largest absolute Gasteiger partial charge is 0.496 e. The van der Waals surface area contributed by atoms with Gasteiger partial charge in [0.15, 0.2) is 0 Å². The average molecular weight is 261 g/mol. The van der Waals surface area contributed by atoms with Crippen molar-refractivity contribution in [2.75, 3.05) is 13.7 Å². The van der Waals surface area contributed by atoms with Gasteiger partial charge in [0.1, 0.15) is 11.6 Å². The Morgan fingerprint density at radius 1 is 1.47 bits per heavy atom. The third kappa shape index (κ3) is 2.77. The Kier molecular flexibility index (Phi) is 4.19. The molecule has 4 N–H and O–H groups in total. The highest BCUT2D eigenvalue weighted by Crippen LogP contribution is 2.30. The van der Waals surface area contributed by atoms with Crippen LogP contribution in [0.2, 0.25) is 0 Å². The predicted octanol–water partition coefficient (Wildman–Crippen LogP) is 1.64. The summed E-state index contributed by atoms with van der Waals surface area (Å²) in [6, 6.07) is 5.56. The van der Waals surface area contributed by atoms with Crippen LogP contribution in [0.5, 0.6) is 5.75 Å². The van der Waals surface area contributed by atoms with Crippen LogP contribution in [0.1, 0.15) is 24.4 Å². The van der Waals surface area contributed by atoms with Crippen molar-refractivity contribution in [1.29, 1.82) is 0 Å². The Bertz CT molecular complexity index is 551. The van der Waals surface area contributed by atoms with E-state index in [1.165, 1.54) is 5.56 Å². The molecule has 2 rings (SSSR count). The van der Waals surface area contributed by atoms with Crippen molar-refractivity contribution in [1.82, 2.24) is 9.97 Å². The molecule has 1 unspecified atom stereocenters. The number of hydrogen-bond donors (Lipinski definition) is 3. The Hall–Kier alpha value is -1.85. The number of aryl methyl sites for hydroxylation is 1. The molecule has 102 valence electrons. The van der Waals surface area contributed by atoms with Crippen LogP contribution in [-0.4, -0.2) is 28.8 Å². The molecule has 1 atom stereocenters. The number of nitrogens with two attached hydrogens (primary N) is 1. The van der Waals surface area contributed by atoms with Gasteiger partial charge in [0.05, 0.1) is 31.6 Å². The first-order valence-corrected chi connectivity index (χ1v) is 6.28. The van der Waals surface area contributed by atoms with E-state index < -0.39 is 6.04 Å². The molecule has 5 heteroatoms. The normalized spacial score (nSPS) is 12.4. The molecule has 0 aliphatic rings. The molecule has 0 fully saturated rings. The smallest absolute Gasteiger partial charge is 0.128 e. The lowest BCUT2D eigenvalue weighted by atomic mass is 10.1. The molecule has 0 aliphatic carbocycles. The summed E-state index contributed by atoms with van der Waals surface area (Å²) in [7, 11) is 1.64. The first-order chi connectivity index (χ1) is 9.19. The number of aromatic amines is 1. The Balaban J connectivity index is 2.42. The fourth-order valence-corrected chi connectivity index (χ4v) is 1.93. The number of aliphatic hydroxyl groups is 1. The molecule has 5 nitrogen and oxygen atoms in total. The maximum atomic E-state index is 9.04. The molecular formula is C14H19N3O2. The molecule has 0 spiro atoms. The minimum Gasteiger partial charge on any atom is -0.496 e. The van der Waals surface area contributed by atoms with Crippen molar-refractivity contribution < 1.29 is 9.84 Å². The van der Waals surface area contributed by atoms with Crippen LogP contribution in [0.25, 0.3) is 11.3 Å². The van der Waals surface area contributed by atoms with Crippen molar-refractivity contribution in [3.63, 3.8) is 0 Å². The van der Waals surface area contributed by atoms with Crippen LogP contribution in [0.15, 0.2) is 24.4 Å². The summed E-state index contributed by atoms with van der Waals surface area (Å²) >= 11 is 0. The number of aliphatic hydroxyl groups excluding tert-OH is 1. The maximum absolute atomic E-state index is 9.04. The van der Waals surface area contributed by atoms with Gasteiger partial charge in [-0.1, -0.05) is 13.0 Å². The van der Waals surface area contributed by atoms with Crippen LogP contribution in [0, 0.1) is 0 Å². The summed E-state index contributed by atoms with van der Waals surface area (Å²) in [5, 5.41) is 9.04. The Morgan fingerprint density at radius 2 is 2.26 bits per heavy atom. The summed E-state index contributed by atoms with van der Waals surface area (Å²) in [4.78, 5) is 7.33. The van der Waals surface area contributed by atoms with Crippen molar-refractivity contribution in [2.24, 2.45) is 5.73 Å². The summed E-state index contributed by atoms with van der Waals surface area (Å²) in [6.45, 7) is 1.96. The zero-order valence-corrected chi connectivity index (χ0v) is 11.2. The lowest BCUT2D eigenvalue weighted by Gasteiger charge is -2.09. The third-order valence-electron chi connectivity index (χ3n) is 3.11. The van der Waals surface area contributed by atoms with E-state index >= 15 is 0 Å². The number of ether oxygens (including phenoxy) is 1. The van der Waals surface area contributed by atoms with Crippen molar-refractivity contribution in [3.8, 4) is 17.0 Å². The van der Waals surface area contributed by atoms with Crippen LogP contribution in [0.3, 0.4) is 0 Å². The zero-order valence-electron chi connectivity index (χ0n) is 11.2. The second-order valence-electron chi connectivity index (χ2n) is 4.36. The number of benzene rings is 1. The molecule has 1 heterocycles. The first-order valence-electron chi connectivity index (χ1n) is 6.28. The molecule has 0 saturated carbocycles. The van der Waals surface area contributed by atoms with Crippen LogP contribution < -0.4 is 10.5 Å². The zero-order chi connectivity index (χ0) is 13.8. The monoisotopic (exact) mass is 261 g/mol. The van der Waals surface area contributed by atoms with E-state index in [1.807, 2.05) is 12.1 Å². The van der Waals surface area contributed by atoms with Gasteiger partial charge < -0.3 is 20.6 Å². The second kappa shape index (κ2) is 5.86. The molecule has 19 heavy (non-hydrogen) atoms. The van der Waals surface area contributed by atoms with Gasteiger partial charge >= 0.3 is 0 Å². The van der Waals surface area contributed by atoms with E-state index in [0.717, 1.165) is 23.4 Å². The number of hydrogen-bond acceptors (Lipinski definition) is 4. The number of imidazole rings is 1. The number of nitrogens with zero attached hydrogens (tertiary/aromatic N) is 1. The highest BCUT2D eigenvalue weighted by atomic mass is 16.5. The first kappa shape index (κ1) is 13.6. The lowest BCUT2D eigenvalue weighted by molar-refractivity contribution is 0.264. The second-order valence-corrected chi connectivity index (χ2v) is 4.36. The fraction of sp³-hybridized carbons (Fsp3) is 0.357. The van der Waals surface area contributed by atoms with E-state index in [4.69, 9.17) is 15.6 Å². The summed E-state index contributed by atoms with van der Waals surface area (Å²) in [5.74, 6) is 1.35. The highest BCUT2D eigenvalue weighted by molar-refractivity contribution is 5.67. The van der Waals surface area contributed by atoms with Gasteiger partial charge in [-0.15, -0.1) is 0 Å². The summed E-state index contributed by atoms with van der Waals surface area (Å²) < 4.78 is 5.37. The molecule has 1 aromatic carbocycles. The van der Waals surface area contributed by atoms with Gasteiger partial charge in [-0.05, 0) is 24.1 Å². The van der Waals surface area contributed by atoms with Crippen LogP contribution >= 0.6 is 0 Å². The van der Waals surface area contributed by atoms with Gasteiger partial charge in [0.25, 0.3) is 0 Å². The fourth-order valence-electron chi connectivity index (χ4n) is 1.93. The molecule has 0 radical (unpaired) electrons. The average Bonchev–Trinajstić information content (AvgIpc) is 2.95. The standard InChI is InChI=1S/C14H19N3O2/c1-3-9-4-5-13(19-2)10(6-9)12-7-16-14(17-12)11(15)8-18/h4-7,11,18H,3,8,15H2,1-2H3,(H,16,17). The van der Waals surface area contributed by atoms with Gasteiger partial charge in [-0.3, -0.25) is 0 Å². The van der Waals surface area contributed by atoms with Gasteiger partial charge in [0.2, 0.25) is 0 Å². The molecule has 0 saturated heterocycles. The van der Waals surface area contributed by atoms with Crippen molar-refractivity contribution in [3.05, 3.63) is 35.8 Å². The summed E-state index contributed by atoms with van der Waals surface area (Å²) in [6.07, 6.45) is 2.66. The minimum atomic E-state index is -0.492. The van der Waals surface area contributed by atoms with E-state index in [9.17, 15) is 0 Å². The minimum absolute atomic E-state index is 0.140. The molecular weight excluding hydrogens is 242 g/mol. The van der Waals surface area contributed by atoms with Crippen molar-refractivity contribution >= 4 is 0 Å². The number of methoxy groups -OCH3 is 1. The van der Waals surface area contributed by atoms with Gasteiger partial charge in [-0.25, -0.2) is 4.98 Å². The quantitative estimate of drug-likeness (QED) is 0.764. The van der Waals surface area contributed by atoms with Crippen LogP contribution in [0.4, 0.5) is 0 Å². The number of rotatable bonds is 5. The van der Waals surface area contributed by atoms with E-state index in [2.05, 4.69) is 23.0 Å². The SMILES string of the molecule is CCc1ccc(OC)c(-c2cnc(C(N)CO)[nH]2)c1. The van der Waals surface area contributed by atoms with E-state index in [1.54, 1.807) is 13.3 Å². The number of aromatic nitrogens is 2. The Morgan fingerprint density at radius 3 is 2.89 bits per heavy atom. The highest BCUT2D eigenvalue weighted by Gasteiger charge is 2.13. The third-order valence-corrected chi connectivity index (χ3v) is 3.11. The van der Waals surface area contributed by atoms with Crippen LogP contribution in [-0.2, 0) is 6.42 Å². The topological polar surface area (TPSA) is 84.2 Å². The van der Waals surface area contributed by atoms with E-state index in [-0.39, 0.29) is 6.61 Å². The number of nitrogens with one attached hydrogen (secondary N) is 1. The predicted molar refractivity (Wildman–Crippen MR) is 74.0 cm³/mol. The maximum Gasteiger partial charge on any atom is 0.128 e. The van der Waals surface area contributed by atoms with E-state index in [0.29, 0.717) is 5.82 Å². The van der Waals surface area contributed by atoms with Gasteiger partial charge in [-0.2, -0.15) is 0 Å². The summed E-state index contributed by atoms with van der Waals surface area (Å²) in [5.41, 5.74) is 8.75. The van der Waals surface area contributed by atoms with Gasteiger partial charge in [0, 0.05) is 5.56 Å². The molecule has 0 aliphatic heterocycles.